The minimum atomic E-state index is -1.24. The Hall–Kier alpha value is -3.28. The molecule has 0 radical (unpaired) electrons. The monoisotopic (exact) mass is 380 g/mol. The Morgan fingerprint density at radius 3 is 2.11 bits per heavy atom. The molecule has 2 aromatic rings. The predicted octanol–water partition coefficient (Wildman–Crippen LogP) is 3.73. The van der Waals surface area contributed by atoms with Crippen molar-refractivity contribution in [3.8, 4) is 22.6 Å². The molecule has 2 aliphatic heterocycles. The van der Waals surface area contributed by atoms with E-state index in [1.807, 2.05) is 42.5 Å². The van der Waals surface area contributed by atoms with Crippen molar-refractivity contribution in [1.82, 2.24) is 0 Å². The molecule has 0 bridgehead atoms. The molecule has 0 N–H and O–H groups in total. The lowest BCUT2D eigenvalue weighted by molar-refractivity contribution is -0.222. The summed E-state index contributed by atoms with van der Waals surface area (Å²) < 4.78 is 21.6. The lowest BCUT2D eigenvalue weighted by Crippen LogP contribution is -2.41. The Balaban J connectivity index is 1.57. The number of fused-ring (bicyclic) bond motifs is 1. The smallest absolute Gasteiger partial charge is 0.348 e. The Morgan fingerprint density at radius 1 is 0.821 bits per heavy atom. The zero-order chi connectivity index (χ0) is 19.7. The van der Waals surface area contributed by atoms with Gasteiger partial charge in [0.2, 0.25) is 0 Å². The van der Waals surface area contributed by atoms with Gasteiger partial charge in [-0.25, -0.2) is 9.59 Å². The molecule has 0 unspecified atom stereocenters. The summed E-state index contributed by atoms with van der Waals surface area (Å²) >= 11 is 0. The Bertz CT molecular complexity index is 933. The van der Waals surface area contributed by atoms with Gasteiger partial charge in [0.25, 0.3) is 5.79 Å². The first kappa shape index (κ1) is 18.1. The van der Waals surface area contributed by atoms with E-state index in [-0.39, 0.29) is 5.57 Å². The topological polar surface area (TPSA) is 71.1 Å². The van der Waals surface area contributed by atoms with Gasteiger partial charge in [-0.05, 0) is 34.9 Å². The average molecular weight is 380 g/mol. The van der Waals surface area contributed by atoms with E-state index in [9.17, 15) is 9.59 Å². The zero-order valence-electron chi connectivity index (χ0n) is 15.7. The number of carbonyl (C=O) groups is 2. The maximum atomic E-state index is 12.1. The van der Waals surface area contributed by atoms with Crippen molar-refractivity contribution in [2.45, 2.75) is 26.1 Å². The predicted molar refractivity (Wildman–Crippen MR) is 102 cm³/mol. The van der Waals surface area contributed by atoms with Crippen LogP contribution < -0.4 is 9.47 Å². The highest BCUT2D eigenvalue weighted by atomic mass is 16.7. The van der Waals surface area contributed by atoms with Gasteiger partial charge < -0.3 is 18.9 Å². The molecule has 2 aliphatic rings. The van der Waals surface area contributed by atoms with Crippen LogP contribution in [0.4, 0.5) is 0 Å². The third-order valence-corrected chi connectivity index (χ3v) is 4.42. The molecule has 0 aliphatic carbocycles. The third-order valence-electron chi connectivity index (χ3n) is 4.42. The Labute approximate surface area is 162 Å². The van der Waals surface area contributed by atoms with Crippen molar-refractivity contribution in [2.24, 2.45) is 0 Å². The molecule has 2 aromatic carbocycles. The summed E-state index contributed by atoms with van der Waals surface area (Å²) in [6.45, 7) is 4.32. The van der Waals surface area contributed by atoms with E-state index >= 15 is 0 Å². The second-order valence-electron chi connectivity index (χ2n) is 7.07. The van der Waals surface area contributed by atoms with Crippen molar-refractivity contribution in [3.05, 3.63) is 53.6 Å². The van der Waals surface area contributed by atoms with Crippen LogP contribution in [-0.4, -0.2) is 30.9 Å². The molecule has 0 amide bonds. The molecule has 0 spiro atoms. The second-order valence-corrected chi connectivity index (χ2v) is 7.07. The van der Waals surface area contributed by atoms with Gasteiger partial charge in [-0.1, -0.05) is 30.3 Å². The molecule has 6 nitrogen and oxygen atoms in total. The van der Waals surface area contributed by atoms with Gasteiger partial charge in [0.15, 0.2) is 11.5 Å². The third kappa shape index (κ3) is 3.71. The fourth-order valence-corrected chi connectivity index (χ4v) is 3.06. The number of rotatable bonds is 2. The Morgan fingerprint density at radius 2 is 1.43 bits per heavy atom. The van der Waals surface area contributed by atoms with Crippen LogP contribution in [0.1, 0.15) is 25.8 Å². The largest absolute Gasteiger partial charge is 0.490 e. The van der Waals surface area contributed by atoms with Gasteiger partial charge in [-0.2, -0.15) is 0 Å². The van der Waals surface area contributed by atoms with E-state index in [0.29, 0.717) is 18.8 Å². The number of benzene rings is 2. The first-order valence-electron chi connectivity index (χ1n) is 9.10. The average Bonchev–Trinajstić information content (AvgIpc) is 2.89. The summed E-state index contributed by atoms with van der Waals surface area (Å²) in [6, 6.07) is 13.3. The van der Waals surface area contributed by atoms with Crippen LogP contribution in [0, 0.1) is 0 Å². The lowest BCUT2D eigenvalue weighted by Gasteiger charge is -2.29. The zero-order valence-corrected chi connectivity index (χ0v) is 15.7. The molecular formula is C22H20O6. The van der Waals surface area contributed by atoms with Crippen molar-refractivity contribution >= 4 is 18.0 Å². The molecule has 4 rings (SSSR count). The summed E-state index contributed by atoms with van der Waals surface area (Å²) in [5.41, 5.74) is 2.54. The van der Waals surface area contributed by atoms with Crippen molar-refractivity contribution < 1.29 is 28.5 Å². The molecule has 1 fully saturated rings. The lowest BCUT2D eigenvalue weighted by atomic mass is 10.0. The van der Waals surface area contributed by atoms with Gasteiger partial charge >= 0.3 is 11.9 Å². The maximum absolute atomic E-state index is 12.1. The molecule has 6 heteroatoms. The van der Waals surface area contributed by atoms with Crippen molar-refractivity contribution in [2.75, 3.05) is 13.2 Å². The van der Waals surface area contributed by atoms with E-state index in [1.54, 1.807) is 0 Å². The van der Waals surface area contributed by atoms with Gasteiger partial charge in [-0.3, -0.25) is 0 Å². The van der Waals surface area contributed by atoms with Gasteiger partial charge in [-0.15, -0.1) is 0 Å². The number of hydrogen-bond acceptors (Lipinski definition) is 6. The molecule has 1 saturated heterocycles. The van der Waals surface area contributed by atoms with Gasteiger partial charge in [0.1, 0.15) is 5.57 Å². The molecule has 0 saturated carbocycles. The van der Waals surface area contributed by atoms with E-state index in [4.69, 9.17) is 18.9 Å². The maximum Gasteiger partial charge on any atom is 0.348 e. The van der Waals surface area contributed by atoms with E-state index in [1.165, 1.54) is 19.9 Å². The standard InChI is InChI=1S/C22H20O6/c1-22(2)27-20(23)17(21(24)28-22)12-14-4-6-15(7-5-14)16-8-9-18-19(13-16)26-11-3-10-25-18/h4-9,12-13H,3,10-11H2,1-2H3. The number of carbonyl (C=O) groups excluding carboxylic acids is 2. The Kier molecular flexibility index (Phi) is 4.55. The minimum Gasteiger partial charge on any atom is -0.490 e. The molecule has 0 aromatic heterocycles. The second kappa shape index (κ2) is 7.03. The van der Waals surface area contributed by atoms with E-state index in [2.05, 4.69) is 0 Å². The molecular weight excluding hydrogens is 360 g/mol. The normalized spacial score (nSPS) is 18.0. The quantitative estimate of drug-likeness (QED) is 0.449. The number of esters is 2. The van der Waals surface area contributed by atoms with Crippen LogP contribution in [0.2, 0.25) is 0 Å². The van der Waals surface area contributed by atoms with Crippen molar-refractivity contribution in [1.29, 1.82) is 0 Å². The summed E-state index contributed by atoms with van der Waals surface area (Å²) in [6.07, 6.45) is 2.33. The van der Waals surface area contributed by atoms with Gasteiger partial charge in [0.05, 0.1) is 13.2 Å². The highest BCUT2D eigenvalue weighted by Gasteiger charge is 2.38. The highest BCUT2D eigenvalue weighted by Crippen LogP contribution is 2.34. The minimum absolute atomic E-state index is 0.123. The van der Waals surface area contributed by atoms with Crippen LogP contribution >= 0.6 is 0 Å². The molecule has 28 heavy (non-hydrogen) atoms. The molecule has 0 atom stereocenters. The van der Waals surface area contributed by atoms with Crippen LogP contribution in [0.3, 0.4) is 0 Å². The fourth-order valence-electron chi connectivity index (χ4n) is 3.06. The first-order chi connectivity index (χ1) is 13.4. The SMILES string of the molecule is CC1(C)OC(=O)C(=Cc2ccc(-c3ccc4c(c3)OCCCO4)cc2)C(=O)O1. The number of cyclic esters (lactones) is 2. The van der Waals surface area contributed by atoms with Crippen LogP contribution in [0.15, 0.2) is 48.0 Å². The summed E-state index contributed by atoms with van der Waals surface area (Å²) in [5.74, 6) is -1.13. The van der Waals surface area contributed by atoms with Crippen LogP contribution in [0.5, 0.6) is 11.5 Å². The molecule has 2 heterocycles. The molecule has 144 valence electrons. The highest BCUT2D eigenvalue weighted by molar-refractivity contribution is 6.18. The van der Waals surface area contributed by atoms with Gasteiger partial charge in [0, 0.05) is 20.3 Å². The van der Waals surface area contributed by atoms with Crippen molar-refractivity contribution in [3.63, 3.8) is 0 Å². The van der Waals surface area contributed by atoms with E-state index < -0.39 is 17.7 Å². The van der Waals surface area contributed by atoms with Crippen LogP contribution in [-0.2, 0) is 19.1 Å². The first-order valence-corrected chi connectivity index (χ1v) is 9.10. The van der Waals surface area contributed by atoms with Crippen LogP contribution in [0.25, 0.3) is 17.2 Å². The number of hydrogen-bond donors (Lipinski definition) is 0. The van der Waals surface area contributed by atoms with E-state index in [0.717, 1.165) is 29.0 Å². The summed E-state index contributed by atoms with van der Waals surface area (Å²) in [5, 5.41) is 0. The number of ether oxygens (including phenoxy) is 4. The summed E-state index contributed by atoms with van der Waals surface area (Å²) in [7, 11) is 0. The summed E-state index contributed by atoms with van der Waals surface area (Å²) in [4.78, 5) is 24.1. The fraction of sp³-hybridized carbons (Fsp3) is 0.273.